The van der Waals surface area contributed by atoms with Crippen LogP contribution in [0.15, 0.2) is 17.7 Å². The molecule has 1 saturated heterocycles. The molecule has 22 heavy (non-hydrogen) atoms. The first kappa shape index (κ1) is 16.7. The Balaban J connectivity index is 2.52. The maximum absolute atomic E-state index is 12.2. The molecule has 8 heteroatoms. The van der Waals surface area contributed by atoms with Gasteiger partial charge in [0.15, 0.2) is 16.6 Å². The molecular weight excluding hydrogens is 419 g/mol. The number of phenolic OH excluding ortho intramolecular Hbond substituents is 1. The van der Waals surface area contributed by atoms with E-state index < -0.39 is 11.8 Å². The fraction of sp³-hybridized carbons (Fsp3) is 0.214. The van der Waals surface area contributed by atoms with Gasteiger partial charge >= 0.3 is 0 Å². The lowest BCUT2D eigenvalue weighted by Crippen LogP contribution is -2.52. The van der Waals surface area contributed by atoms with Gasteiger partial charge in [-0.2, -0.15) is 0 Å². The summed E-state index contributed by atoms with van der Waals surface area (Å²) in [4.78, 5) is 27.0. The molecule has 0 unspecified atom stereocenters. The minimum atomic E-state index is -0.463. The number of thiocarbonyl (C=S) groups is 1. The first-order valence-corrected chi connectivity index (χ1v) is 7.65. The molecule has 1 N–H and O–H groups in total. The van der Waals surface area contributed by atoms with E-state index in [9.17, 15) is 14.7 Å². The number of benzene rings is 1. The molecule has 0 bridgehead atoms. The molecule has 2 amide bonds. The summed E-state index contributed by atoms with van der Waals surface area (Å²) in [7, 11) is 4.46. The number of rotatable bonds is 2. The highest BCUT2D eigenvalue weighted by molar-refractivity contribution is 14.1. The Morgan fingerprint density at radius 2 is 1.77 bits per heavy atom. The van der Waals surface area contributed by atoms with Crippen LogP contribution in [0.25, 0.3) is 6.08 Å². The molecule has 1 aliphatic rings. The van der Waals surface area contributed by atoms with Crippen LogP contribution in [0.5, 0.6) is 11.5 Å². The summed E-state index contributed by atoms with van der Waals surface area (Å²) in [6, 6.07) is 3.21. The molecular formula is C14H13IN2O4S. The number of hydrogen-bond acceptors (Lipinski definition) is 5. The van der Waals surface area contributed by atoms with Gasteiger partial charge in [0.25, 0.3) is 11.8 Å². The zero-order chi connectivity index (χ0) is 16.6. The van der Waals surface area contributed by atoms with Crippen LogP contribution < -0.4 is 4.74 Å². The highest BCUT2D eigenvalue weighted by Crippen LogP contribution is 2.33. The summed E-state index contributed by atoms with van der Waals surface area (Å²) in [5.74, 6) is -0.640. The molecule has 1 fully saturated rings. The molecule has 0 spiro atoms. The van der Waals surface area contributed by atoms with E-state index >= 15 is 0 Å². The second-order valence-corrected chi connectivity index (χ2v) is 6.15. The smallest absolute Gasteiger partial charge is 0.265 e. The number of carbonyl (C=O) groups excluding carboxylic acids is 2. The van der Waals surface area contributed by atoms with Crippen molar-refractivity contribution in [3.8, 4) is 11.5 Å². The van der Waals surface area contributed by atoms with Gasteiger partial charge in [0.1, 0.15) is 5.57 Å². The van der Waals surface area contributed by atoms with Crippen LogP contribution in [0.4, 0.5) is 0 Å². The monoisotopic (exact) mass is 432 g/mol. The van der Waals surface area contributed by atoms with Gasteiger partial charge in [-0.05, 0) is 58.6 Å². The van der Waals surface area contributed by atoms with Gasteiger partial charge in [0.2, 0.25) is 0 Å². The molecule has 116 valence electrons. The summed E-state index contributed by atoms with van der Waals surface area (Å²) >= 11 is 6.97. The third kappa shape index (κ3) is 2.80. The number of carbonyl (C=O) groups is 2. The fourth-order valence-electron chi connectivity index (χ4n) is 1.97. The lowest BCUT2D eigenvalue weighted by molar-refractivity contribution is -0.132. The zero-order valence-corrected chi connectivity index (χ0v) is 15.1. The molecule has 1 heterocycles. The summed E-state index contributed by atoms with van der Waals surface area (Å²) in [5.41, 5.74) is 0.576. The molecule has 0 aromatic heterocycles. The average molecular weight is 432 g/mol. The Labute approximate surface area is 146 Å². The van der Waals surface area contributed by atoms with Gasteiger partial charge < -0.3 is 9.84 Å². The Bertz CT molecular complexity index is 691. The summed E-state index contributed by atoms with van der Waals surface area (Å²) in [6.07, 6.45) is 1.46. The van der Waals surface area contributed by atoms with Gasteiger partial charge in [-0.1, -0.05) is 0 Å². The largest absolute Gasteiger partial charge is 0.504 e. The first-order valence-electron chi connectivity index (χ1n) is 6.16. The predicted molar refractivity (Wildman–Crippen MR) is 93.5 cm³/mol. The van der Waals surface area contributed by atoms with Crippen molar-refractivity contribution in [3.05, 3.63) is 26.8 Å². The molecule has 2 rings (SSSR count). The number of phenols is 1. The number of nitrogens with zero attached hydrogens (tertiary/aromatic N) is 2. The molecule has 6 nitrogen and oxygen atoms in total. The number of halogens is 1. The topological polar surface area (TPSA) is 70.1 Å². The van der Waals surface area contributed by atoms with Crippen molar-refractivity contribution >= 4 is 57.8 Å². The van der Waals surface area contributed by atoms with Crippen molar-refractivity contribution in [1.82, 2.24) is 9.80 Å². The van der Waals surface area contributed by atoms with E-state index in [1.807, 2.05) is 22.6 Å². The van der Waals surface area contributed by atoms with E-state index in [0.29, 0.717) is 9.13 Å². The van der Waals surface area contributed by atoms with Crippen molar-refractivity contribution in [2.75, 3.05) is 21.2 Å². The molecule has 1 aromatic carbocycles. The third-order valence-corrected chi connectivity index (χ3v) is 4.60. The maximum Gasteiger partial charge on any atom is 0.265 e. The van der Waals surface area contributed by atoms with Crippen LogP contribution in [0.2, 0.25) is 0 Å². The van der Waals surface area contributed by atoms with Gasteiger partial charge in [-0.3, -0.25) is 19.4 Å². The minimum Gasteiger partial charge on any atom is -0.504 e. The van der Waals surface area contributed by atoms with Gasteiger partial charge in [0.05, 0.1) is 10.7 Å². The number of amides is 2. The minimum absolute atomic E-state index is 0.00198. The number of ether oxygens (including phenoxy) is 1. The van der Waals surface area contributed by atoms with Crippen molar-refractivity contribution in [2.45, 2.75) is 0 Å². The quantitative estimate of drug-likeness (QED) is 0.333. The van der Waals surface area contributed by atoms with Gasteiger partial charge in [0, 0.05) is 14.1 Å². The molecule has 0 saturated carbocycles. The highest BCUT2D eigenvalue weighted by atomic mass is 127. The average Bonchev–Trinajstić information content (AvgIpc) is 2.50. The third-order valence-electron chi connectivity index (χ3n) is 3.23. The molecule has 1 aromatic rings. The Hall–Kier alpha value is -1.68. The van der Waals surface area contributed by atoms with Crippen molar-refractivity contribution in [1.29, 1.82) is 0 Å². The van der Waals surface area contributed by atoms with Crippen molar-refractivity contribution < 1.29 is 19.4 Å². The molecule has 0 aliphatic carbocycles. The first-order chi connectivity index (χ1) is 10.3. The van der Waals surface area contributed by atoms with E-state index in [4.69, 9.17) is 17.0 Å². The van der Waals surface area contributed by atoms with Gasteiger partial charge in [-0.25, -0.2) is 0 Å². The Morgan fingerprint density at radius 3 is 2.27 bits per heavy atom. The van der Waals surface area contributed by atoms with Crippen molar-refractivity contribution in [2.24, 2.45) is 0 Å². The molecule has 0 atom stereocenters. The lowest BCUT2D eigenvalue weighted by atomic mass is 10.1. The SMILES string of the molecule is COc1cc(C=C2C(=O)N(C)C(=S)N(C)C2=O)cc(I)c1O. The van der Waals surface area contributed by atoms with E-state index in [0.717, 1.165) is 0 Å². The van der Waals surface area contributed by atoms with E-state index in [-0.39, 0.29) is 22.2 Å². The van der Waals surface area contributed by atoms with E-state index in [1.165, 1.54) is 37.1 Å². The van der Waals surface area contributed by atoms with Crippen molar-refractivity contribution in [3.63, 3.8) is 0 Å². The molecule has 1 aliphatic heterocycles. The fourth-order valence-corrected chi connectivity index (χ4v) is 2.77. The van der Waals surface area contributed by atoms with Gasteiger partial charge in [-0.15, -0.1) is 0 Å². The standard InChI is InChI=1S/C14H13IN2O4S/c1-16-12(19)8(13(20)17(2)14(16)22)4-7-5-9(15)11(18)10(6-7)21-3/h4-6,18H,1-3H3. The normalized spacial score (nSPS) is 15.5. The van der Waals surface area contributed by atoms with Crippen LogP contribution in [-0.4, -0.2) is 53.0 Å². The molecule has 0 radical (unpaired) electrons. The Kier molecular flexibility index (Phi) is 4.71. The maximum atomic E-state index is 12.2. The predicted octanol–water partition coefficient (Wildman–Crippen LogP) is 1.60. The number of likely N-dealkylation sites (N-methyl/N-ethyl adjacent to an activating group) is 2. The van der Waals surface area contributed by atoms with Crippen LogP contribution in [0.1, 0.15) is 5.56 Å². The Morgan fingerprint density at radius 1 is 1.23 bits per heavy atom. The van der Waals surface area contributed by atoms with E-state index in [1.54, 1.807) is 12.1 Å². The van der Waals surface area contributed by atoms with Crippen LogP contribution >= 0.6 is 34.8 Å². The second-order valence-electron chi connectivity index (χ2n) is 4.62. The summed E-state index contributed by atoms with van der Waals surface area (Å²) < 4.78 is 5.63. The zero-order valence-electron chi connectivity index (χ0n) is 12.1. The van der Waals surface area contributed by atoms with E-state index in [2.05, 4.69) is 0 Å². The van der Waals surface area contributed by atoms with Crippen LogP contribution in [0.3, 0.4) is 0 Å². The number of aromatic hydroxyl groups is 1. The number of methoxy groups -OCH3 is 1. The lowest BCUT2D eigenvalue weighted by Gasteiger charge is -2.31. The van der Waals surface area contributed by atoms with Crippen LogP contribution in [-0.2, 0) is 9.59 Å². The summed E-state index contributed by atoms with van der Waals surface area (Å²) in [5, 5.41) is 9.99. The number of hydrogen-bond donors (Lipinski definition) is 1. The highest BCUT2D eigenvalue weighted by Gasteiger charge is 2.35. The second kappa shape index (κ2) is 6.21. The summed E-state index contributed by atoms with van der Waals surface area (Å²) in [6.45, 7) is 0. The van der Waals surface area contributed by atoms with Crippen LogP contribution in [0, 0.1) is 3.57 Å².